The molecule has 2 rings (SSSR count). The molecule has 1 aromatic carbocycles. The van der Waals surface area contributed by atoms with Crippen molar-refractivity contribution in [2.24, 2.45) is 0 Å². The minimum absolute atomic E-state index is 0.185. The molecular formula is C14H18BrN3S. The highest BCUT2D eigenvalue weighted by Gasteiger charge is 2.12. The van der Waals surface area contributed by atoms with Crippen molar-refractivity contribution in [1.82, 2.24) is 4.98 Å². The summed E-state index contributed by atoms with van der Waals surface area (Å²) in [6, 6.07) is 4.18. The molecule has 0 aliphatic heterocycles. The molecule has 0 aliphatic rings. The highest BCUT2D eigenvalue weighted by Crippen LogP contribution is 2.31. The Morgan fingerprint density at radius 1 is 1.47 bits per heavy atom. The van der Waals surface area contributed by atoms with Crippen LogP contribution in [0.15, 0.2) is 22.8 Å². The molecule has 0 amide bonds. The van der Waals surface area contributed by atoms with Crippen LogP contribution in [0, 0.1) is 6.92 Å². The fourth-order valence-corrected chi connectivity index (χ4v) is 3.12. The van der Waals surface area contributed by atoms with Crippen LogP contribution < -0.4 is 11.1 Å². The van der Waals surface area contributed by atoms with Gasteiger partial charge in [-0.15, -0.1) is 11.3 Å². The summed E-state index contributed by atoms with van der Waals surface area (Å²) in [7, 11) is 0. The Balaban J connectivity index is 2.18. The highest BCUT2D eigenvalue weighted by atomic mass is 79.9. The van der Waals surface area contributed by atoms with Crippen LogP contribution in [0.4, 0.5) is 11.4 Å². The fraction of sp³-hybridized carbons (Fsp3) is 0.357. The molecule has 0 aliphatic carbocycles. The second-order valence-corrected chi connectivity index (χ2v) is 6.57. The number of halogens is 1. The summed E-state index contributed by atoms with van der Waals surface area (Å²) in [5.74, 6) is 0. The van der Waals surface area contributed by atoms with Crippen molar-refractivity contribution >= 4 is 38.6 Å². The van der Waals surface area contributed by atoms with Crippen LogP contribution in [-0.2, 0) is 6.42 Å². The molecule has 5 heteroatoms. The lowest BCUT2D eigenvalue weighted by Gasteiger charge is -2.15. The maximum absolute atomic E-state index is 5.88. The van der Waals surface area contributed by atoms with Crippen LogP contribution in [0.5, 0.6) is 0 Å². The first-order chi connectivity index (χ1) is 9.01. The van der Waals surface area contributed by atoms with Gasteiger partial charge in [0.25, 0.3) is 0 Å². The summed E-state index contributed by atoms with van der Waals surface area (Å²) < 4.78 is 0.981. The Kier molecular flexibility index (Phi) is 4.47. The van der Waals surface area contributed by atoms with E-state index in [4.69, 9.17) is 5.73 Å². The lowest BCUT2D eigenvalue weighted by molar-refractivity contribution is 0.868. The lowest BCUT2D eigenvalue weighted by atomic mass is 10.1. The van der Waals surface area contributed by atoms with Crippen molar-refractivity contribution in [3.8, 4) is 0 Å². The number of hydrogen-bond acceptors (Lipinski definition) is 4. The molecule has 0 radical (unpaired) electrons. The largest absolute Gasteiger partial charge is 0.398 e. The molecule has 1 heterocycles. The van der Waals surface area contributed by atoms with Crippen LogP contribution in [0.3, 0.4) is 0 Å². The zero-order valence-corrected chi connectivity index (χ0v) is 13.7. The number of hydrogen-bond donors (Lipinski definition) is 2. The predicted octanol–water partition coefficient (Wildman–Crippen LogP) is 4.53. The minimum Gasteiger partial charge on any atom is -0.398 e. The second kappa shape index (κ2) is 5.92. The van der Waals surface area contributed by atoms with Crippen molar-refractivity contribution in [2.45, 2.75) is 33.2 Å². The summed E-state index contributed by atoms with van der Waals surface area (Å²) in [5, 5.41) is 4.59. The smallest absolute Gasteiger partial charge is 0.115 e. The fourth-order valence-electron chi connectivity index (χ4n) is 1.79. The average molecular weight is 340 g/mol. The van der Waals surface area contributed by atoms with Crippen LogP contribution >= 0.6 is 27.3 Å². The first-order valence-corrected chi connectivity index (χ1v) is 7.89. The zero-order valence-electron chi connectivity index (χ0n) is 11.3. The number of benzene rings is 1. The number of aromatic nitrogens is 1. The average Bonchev–Trinajstić information content (AvgIpc) is 2.84. The van der Waals surface area contributed by atoms with Crippen molar-refractivity contribution in [1.29, 1.82) is 0 Å². The molecule has 0 spiro atoms. The molecule has 2 aromatic rings. The Morgan fingerprint density at radius 3 is 2.84 bits per heavy atom. The van der Waals surface area contributed by atoms with Crippen molar-refractivity contribution in [2.75, 3.05) is 11.1 Å². The van der Waals surface area contributed by atoms with Crippen molar-refractivity contribution in [3.05, 3.63) is 38.3 Å². The van der Waals surface area contributed by atoms with Gasteiger partial charge in [0, 0.05) is 26.9 Å². The van der Waals surface area contributed by atoms with E-state index in [1.54, 1.807) is 11.3 Å². The topological polar surface area (TPSA) is 50.9 Å². The molecule has 1 atom stereocenters. The quantitative estimate of drug-likeness (QED) is 0.804. The molecule has 1 unspecified atom stereocenters. The van der Waals surface area contributed by atoms with Gasteiger partial charge in [0.1, 0.15) is 5.01 Å². The van der Waals surface area contributed by atoms with Gasteiger partial charge in [-0.05, 0) is 53.9 Å². The second-order valence-electron chi connectivity index (χ2n) is 4.57. The standard InChI is InChI=1S/C14H18BrN3S/c1-4-10-7-17-14(19-10)9(3)18-13-5-8(2)12(16)6-11(13)15/h5-7,9,18H,4,16H2,1-3H3. The molecule has 0 saturated heterocycles. The first kappa shape index (κ1) is 14.3. The summed E-state index contributed by atoms with van der Waals surface area (Å²) in [6.45, 7) is 6.28. The van der Waals surface area contributed by atoms with Gasteiger partial charge in [-0.2, -0.15) is 0 Å². The molecular weight excluding hydrogens is 322 g/mol. The van der Waals surface area contributed by atoms with E-state index in [1.807, 2.05) is 19.2 Å². The van der Waals surface area contributed by atoms with E-state index in [-0.39, 0.29) is 6.04 Å². The molecule has 0 saturated carbocycles. The lowest BCUT2D eigenvalue weighted by Crippen LogP contribution is -2.07. The Bertz CT molecular complexity index is 580. The monoisotopic (exact) mass is 339 g/mol. The van der Waals surface area contributed by atoms with Gasteiger partial charge < -0.3 is 11.1 Å². The Hall–Kier alpha value is -1.07. The van der Waals surface area contributed by atoms with Crippen LogP contribution in [0.1, 0.15) is 35.3 Å². The third-order valence-corrected chi connectivity index (χ3v) is 5.00. The van der Waals surface area contributed by atoms with Gasteiger partial charge in [0.15, 0.2) is 0 Å². The summed E-state index contributed by atoms with van der Waals surface area (Å²) in [4.78, 5) is 5.78. The molecule has 0 bridgehead atoms. The van der Waals surface area contributed by atoms with Crippen molar-refractivity contribution in [3.63, 3.8) is 0 Å². The summed E-state index contributed by atoms with van der Waals surface area (Å²) in [5.41, 5.74) is 8.81. The Morgan fingerprint density at radius 2 is 2.21 bits per heavy atom. The molecule has 102 valence electrons. The number of nitrogen functional groups attached to an aromatic ring is 1. The van der Waals surface area contributed by atoms with Gasteiger partial charge in [-0.1, -0.05) is 6.92 Å². The predicted molar refractivity (Wildman–Crippen MR) is 86.8 cm³/mol. The molecule has 3 nitrogen and oxygen atoms in total. The van der Waals surface area contributed by atoms with Gasteiger partial charge in [-0.3, -0.25) is 0 Å². The number of thiazole rings is 1. The van der Waals surface area contributed by atoms with Crippen molar-refractivity contribution < 1.29 is 0 Å². The van der Waals surface area contributed by atoms with E-state index in [0.717, 1.165) is 32.8 Å². The van der Waals surface area contributed by atoms with Gasteiger partial charge in [0.2, 0.25) is 0 Å². The summed E-state index contributed by atoms with van der Waals surface area (Å²) >= 11 is 5.30. The van der Waals surface area contributed by atoms with E-state index in [9.17, 15) is 0 Å². The normalized spacial score (nSPS) is 12.4. The molecule has 0 fully saturated rings. The highest BCUT2D eigenvalue weighted by molar-refractivity contribution is 9.10. The van der Waals surface area contributed by atoms with Gasteiger partial charge in [-0.25, -0.2) is 4.98 Å². The minimum atomic E-state index is 0.185. The third-order valence-electron chi connectivity index (χ3n) is 3.02. The van der Waals surface area contributed by atoms with E-state index < -0.39 is 0 Å². The van der Waals surface area contributed by atoms with E-state index in [1.165, 1.54) is 4.88 Å². The van der Waals surface area contributed by atoms with Crippen LogP contribution in [0.25, 0.3) is 0 Å². The van der Waals surface area contributed by atoms with E-state index in [0.29, 0.717) is 0 Å². The third kappa shape index (κ3) is 3.28. The number of anilines is 2. The van der Waals surface area contributed by atoms with E-state index >= 15 is 0 Å². The number of aryl methyl sites for hydroxylation is 2. The Labute approximate surface area is 126 Å². The summed E-state index contributed by atoms with van der Waals surface area (Å²) in [6.07, 6.45) is 3.00. The van der Waals surface area contributed by atoms with Gasteiger partial charge in [0.05, 0.1) is 6.04 Å². The maximum Gasteiger partial charge on any atom is 0.115 e. The van der Waals surface area contributed by atoms with Crippen LogP contribution in [0.2, 0.25) is 0 Å². The van der Waals surface area contributed by atoms with E-state index in [2.05, 4.69) is 46.1 Å². The molecule has 1 aromatic heterocycles. The van der Waals surface area contributed by atoms with Gasteiger partial charge >= 0.3 is 0 Å². The molecule has 19 heavy (non-hydrogen) atoms. The number of nitrogens with one attached hydrogen (secondary N) is 1. The molecule has 3 N–H and O–H groups in total. The number of nitrogens with zero attached hydrogens (tertiary/aromatic N) is 1. The SMILES string of the molecule is CCc1cnc(C(C)Nc2cc(C)c(N)cc2Br)s1. The first-order valence-electron chi connectivity index (χ1n) is 6.28. The van der Waals surface area contributed by atoms with Crippen LogP contribution in [-0.4, -0.2) is 4.98 Å². The number of nitrogens with two attached hydrogens (primary N) is 1. The zero-order chi connectivity index (χ0) is 14.0. The number of rotatable bonds is 4. The maximum atomic E-state index is 5.88.